The topological polar surface area (TPSA) is 76.6 Å². The van der Waals surface area contributed by atoms with Crippen LogP contribution in [0.15, 0.2) is 60.9 Å². The summed E-state index contributed by atoms with van der Waals surface area (Å²) in [6.07, 6.45) is -1.69. The van der Waals surface area contributed by atoms with Gasteiger partial charge in [0.05, 0.1) is 17.9 Å². The predicted octanol–water partition coefficient (Wildman–Crippen LogP) is 4.09. The molecule has 3 aromatic rings. The number of carbonyl (C=O) groups excluding carboxylic acids is 1. The molecule has 0 saturated carbocycles. The van der Waals surface area contributed by atoms with Gasteiger partial charge in [-0.25, -0.2) is 4.98 Å². The van der Waals surface area contributed by atoms with Crippen molar-refractivity contribution in [2.45, 2.75) is 6.36 Å². The van der Waals surface area contributed by atoms with Crippen LogP contribution >= 0.6 is 0 Å². The molecule has 1 aromatic carbocycles. The van der Waals surface area contributed by atoms with Crippen molar-refractivity contribution in [2.24, 2.45) is 0 Å². The quantitative estimate of drug-likeness (QED) is 0.657. The van der Waals surface area contributed by atoms with E-state index in [1.165, 1.54) is 18.3 Å². The third-order valence-electron chi connectivity index (χ3n) is 4.47. The van der Waals surface area contributed by atoms with E-state index in [0.717, 1.165) is 12.1 Å². The standard InChI is InChI=1S/C21H17F3N4O3/c22-21(23,24)31-16-6-4-15(5-7-16)27-20(29)14-11-17(18-3-1-2-8-25-18)19(26-12-14)28-9-10-30-13-28/h1-8,11-12H,9-10,13H2,(H,27,29). The van der Waals surface area contributed by atoms with Gasteiger partial charge in [0, 0.05) is 30.2 Å². The number of carbonyl (C=O) groups is 1. The number of hydrogen-bond acceptors (Lipinski definition) is 6. The lowest BCUT2D eigenvalue weighted by Crippen LogP contribution is -2.21. The van der Waals surface area contributed by atoms with E-state index in [0.29, 0.717) is 42.6 Å². The first kappa shape index (κ1) is 20.6. The van der Waals surface area contributed by atoms with Gasteiger partial charge in [-0.1, -0.05) is 6.07 Å². The van der Waals surface area contributed by atoms with Crippen LogP contribution in [0.1, 0.15) is 10.4 Å². The number of halogens is 3. The number of nitrogens with zero attached hydrogens (tertiary/aromatic N) is 3. The largest absolute Gasteiger partial charge is 0.573 e. The molecule has 1 amide bonds. The summed E-state index contributed by atoms with van der Waals surface area (Å²) in [5.74, 6) is -0.179. The second kappa shape index (κ2) is 8.60. The summed E-state index contributed by atoms with van der Waals surface area (Å²) in [5, 5.41) is 2.64. The molecule has 7 nitrogen and oxygen atoms in total. The van der Waals surface area contributed by atoms with Crippen molar-refractivity contribution >= 4 is 17.4 Å². The van der Waals surface area contributed by atoms with Gasteiger partial charge in [-0.05, 0) is 42.5 Å². The number of pyridine rings is 2. The fraction of sp³-hybridized carbons (Fsp3) is 0.190. The maximum Gasteiger partial charge on any atom is 0.573 e. The average molecular weight is 430 g/mol. The lowest BCUT2D eigenvalue weighted by molar-refractivity contribution is -0.274. The highest BCUT2D eigenvalue weighted by Crippen LogP contribution is 2.30. The van der Waals surface area contributed by atoms with Gasteiger partial charge in [0.2, 0.25) is 0 Å². The molecule has 0 radical (unpaired) electrons. The molecule has 1 aliphatic heterocycles. The zero-order chi connectivity index (χ0) is 21.8. The Balaban J connectivity index is 1.57. The smallest absolute Gasteiger partial charge is 0.406 e. The summed E-state index contributed by atoms with van der Waals surface area (Å²) >= 11 is 0. The lowest BCUT2D eigenvalue weighted by Gasteiger charge is -2.19. The third-order valence-corrected chi connectivity index (χ3v) is 4.47. The number of aromatic nitrogens is 2. The molecular weight excluding hydrogens is 413 g/mol. The van der Waals surface area contributed by atoms with E-state index >= 15 is 0 Å². The number of anilines is 2. The molecule has 0 aliphatic carbocycles. The Morgan fingerprint density at radius 2 is 1.94 bits per heavy atom. The highest BCUT2D eigenvalue weighted by molar-refractivity contribution is 6.05. The Kier molecular flexibility index (Phi) is 5.72. The maximum absolute atomic E-state index is 12.7. The molecular formula is C21H17F3N4O3. The van der Waals surface area contributed by atoms with Gasteiger partial charge >= 0.3 is 6.36 Å². The first-order chi connectivity index (χ1) is 14.9. The molecule has 1 saturated heterocycles. The molecule has 1 fully saturated rings. The molecule has 1 N–H and O–H groups in total. The van der Waals surface area contributed by atoms with Crippen LogP contribution in [0.3, 0.4) is 0 Å². The Bertz CT molecular complexity index is 1050. The average Bonchev–Trinajstić information content (AvgIpc) is 3.29. The Morgan fingerprint density at radius 1 is 1.13 bits per heavy atom. The molecule has 10 heteroatoms. The van der Waals surface area contributed by atoms with Crippen molar-refractivity contribution in [3.8, 4) is 17.0 Å². The Morgan fingerprint density at radius 3 is 2.58 bits per heavy atom. The molecule has 0 spiro atoms. The van der Waals surface area contributed by atoms with Gasteiger partial charge < -0.3 is 19.7 Å². The van der Waals surface area contributed by atoms with Crippen LogP contribution in [0, 0.1) is 0 Å². The van der Waals surface area contributed by atoms with Crippen molar-refractivity contribution in [2.75, 3.05) is 30.1 Å². The highest BCUT2D eigenvalue weighted by Gasteiger charge is 2.31. The molecule has 3 heterocycles. The number of alkyl halides is 3. The molecule has 4 rings (SSSR count). The van der Waals surface area contributed by atoms with E-state index < -0.39 is 12.3 Å². The zero-order valence-corrected chi connectivity index (χ0v) is 16.1. The zero-order valence-electron chi connectivity index (χ0n) is 16.1. The Labute approximate surface area is 175 Å². The summed E-state index contributed by atoms with van der Waals surface area (Å²) < 4.78 is 46.1. The molecule has 31 heavy (non-hydrogen) atoms. The normalized spacial score (nSPS) is 13.8. The second-order valence-electron chi connectivity index (χ2n) is 6.64. The van der Waals surface area contributed by atoms with Crippen molar-refractivity contribution in [1.82, 2.24) is 9.97 Å². The number of benzene rings is 1. The van der Waals surface area contributed by atoms with Crippen molar-refractivity contribution in [1.29, 1.82) is 0 Å². The molecule has 160 valence electrons. The summed E-state index contributed by atoms with van der Waals surface area (Å²) in [5.41, 5.74) is 1.92. The van der Waals surface area contributed by atoms with E-state index in [9.17, 15) is 18.0 Å². The van der Waals surface area contributed by atoms with E-state index in [4.69, 9.17) is 4.74 Å². The van der Waals surface area contributed by atoms with Crippen LogP contribution in [0.2, 0.25) is 0 Å². The minimum Gasteiger partial charge on any atom is -0.406 e. The van der Waals surface area contributed by atoms with E-state index in [-0.39, 0.29) is 11.3 Å². The van der Waals surface area contributed by atoms with Crippen molar-refractivity contribution in [3.05, 3.63) is 66.5 Å². The van der Waals surface area contributed by atoms with Gasteiger partial charge in [-0.3, -0.25) is 9.78 Å². The number of ether oxygens (including phenoxy) is 2. The van der Waals surface area contributed by atoms with Gasteiger partial charge in [-0.15, -0.1) is 13.2 Å². The Hall–Kier alpha value is -3.66. The minimum absolute atomic E-state index is 0.278. The van der Waals surface area contributed by atoms with Crippen molar-refractivity contribution in [3.63, 3.8) is 0 Å². The van der Waals surface area contributed by atoms with Crippen LogP contribution in [0.25, 0.3) is 11.3 Å². The van der Waals surface area contributed by atoms with Crippen LogP contribution in [-0.4, -0.2) is 42.1 Å². The monoisotopic (exact) mass is 430 g/mol. The van der Waals surface area contributed by atoms with E-state index in [1.54, 1.807) is 18.3 Å². The highest BCUT2D eigenvalue weighted by atomic mass is 19.4. The fourth-order valence-electron chi connectivity index (χ4n) is 3.07. The minimum atomic E-state index is -4.78. The van der Waals surface area contributed by atoms with Crippen molar-refractivity contribution < 1.29 is 27.4 Å². The number of amides is 1. The summed E-state index contributed by atoms with van der Waals surface area (Å²) in [7, 11) is 0. The molecule has 2 aromatic heterocycles. The first-order valence-electron chi connectivity index (χ1n) is 9.30. The maximum atomic E-state index is 12.7. The van der Waals surface area contributed by atoms with Gasteiger partial charge in [0.1, 0.15) is 18.3 Å². The number of hydrogen-bond donors (Lipinski definition) is 1. The second-order valence-corrected chi connectivity index (χ2v) is 6.64. The molecule has 0 atom stereocenters. The van der Waals surface area contributed by atoms with Gasteiger partial charge in [0.15, 0.2) is 0 Å². The lowest BCUT2D eigenvalue weighted by atomic mass is 10.1. The summed E-state index contributed by atoms with van der Waals surface area (Å²) in [6.45, 7) is 1.65. The van der Waals surface area contributed by atoms with E-state index in [1.807, 2.05) is 17.0 Å². The van der Waals surface area contributed by atoms with Gasteiger partial charge in [-0.2, -0.15) is 0 Å². The van der Waals surface area contributed by atoms with E-state index in [2.05, 4.69) is 20.0 Å². The van der Waals surface area contributed by atoms with Crippen LogP contribution in [-0.2, 0) is 4.74 Å². The van der Waals surface area contributed by atoms with Crippen LogP contribution < -0.4 is 15.0 Å². The molecule has 0 unspecified atom stereocenters. The summed E-state index contributed by atoms with van der Waals surface area (Å²) in [4.78, 5) is 23.5. The third kappa shape index (κ3) is 5.10. The first-order valence-corrected chi connectivity index (χ1v) is 9.30. The van der Waals surface area contributed by atoms with Crippen LogP contribution in [0.5, 0.6) is 5.75 Å². The predicted molar refractivity (Wildman–Crippen MR) is 107 cm³/mol. The SMILES string of the molecule is O=C(Nc1ccc(OC(F)(F)F)cc1)c1cnc(N2CCOC2)c(-c2ccccn2)c1. The molecule has 0 bridgehead atoms. The fourth-order valence-corrected chi connectivity index (χ4v) is 3.07. The van der Waals surface area contributed by atoms with Gasteiger partial charge in [0.25, 0.3) is 5.91 Å². The van der Waals surface area contributed by atoms with Crippen LogP contribution in [0.4, 0.5) is 24.7 Å². The number of rotatable bonds is 5. The number of nitrogens with one attached hydrogen (secondary N) is 1. The molecule has 1 aliphatic rings. The summed E-state index contributed by atoms with van der Waals surface area (Å²) in [6, 6.07) is 12.0.